The monoisotopic (exact) mass is 506 g/mol. The lowest BCUT2D eigenvalue weighted by Gasteiger charge is -2.18. The fourth-order valence-electron chi connectivity index (χ4n) is 2.50. The van der Waals surface area contributed by atoms with Crippen LogP contribution in [-0.4, -0.2) is 28.0 Å². The van der Waals surface area contributed by atoms with Crippen LogP contribution in [0.25, 0.3) is 0 Å². The minimum atomic E-state index is -5.77. The summed E-state index contributed by atoms with van der Waals surface area (Å²) in [6.07, 6.45) is 0. The van der Waals surface area contributed by atoms with E-state index in [-0.39, 0.29) is 11.1 Å². The van der Waals surface area contributed by atoms with Gasteiger partial charge >= 0.3 is 26.5 Å². The quantitative estimate of drug-likeness (QED) is 0.315. The second-order valence-corrected chi connectivity index (χ2v) is 12.0. The summed E-state index contributed by atoms with van der Waals surface area (Å²) in [4.78, 5) is 34.8. The van der Waals surface area contributed by atoms with Crippen LogP contribution >= 0.6 is 15.2 Å². The highest BCUT2D eigenvalue weighted by molar-refractivity contribution is 7.89. The highest BCUT2D eigenvalue weighted by Gasteiger charge is 2.51. The maximum Gasteiger partial charge on any atom is 0.399 e. The fourth-order valence-corrected chi connectivity index (χ4v) is 4.97. The normalized spacial score (nSPS) is 13.9. The smallest absolute Gasteiger partial charge is 0.320 e. The van der Waals surface area contributed by atoms with E-state index in [1.807, 2.05) is 0 Å². The highest BCUT2D eigenvalue weighted by Crippen LogP contribution is 2.60. The van der Waals surface area contributed by atoms with Crippen molar-refractivity contribution >= 4 is 25.0 Å². The minimum absolute atomic E-state index is 0.0370. The van der Waals surface area contributed by atoms with Crippen molar-refractivity contribution in [3.8, 4) is 0 Å². The Balaban J connectivity index is 2.16. The van der Waals surface area contributed by atoms with Crippen LogP contribution in [0.15, 0.2) is 48.5 Å². The summed E-state index contributed by atoms with van der Waals surface area (Å²) in [5.41, 5.74) is -10.8. The van der Waals surface area contributed by atoms with E-state index in [2.05, 4.69) is 0 Å². The summed E-state index contributed by atoms with van der Waals surface area (Å²) in [5, 5.41) is 0. The van der Waals surface area contributed by atoms with Gasteiger partial charge in [-0.15, -0.1) is 0 Å². The molecular weight excluding hydrogens is 490 g/mol. The van der Waals surface area contributed by atoms with E-state index in [0.29, 0.717) is 24.3 Å². The molecule has 8 nitrogen and oxygen atoms in total. The number of sulfone groups is 1. The average Bonchev–Trinajstić information content (AvgIpc) is 2.60. The molecule has 0 saturated carbocycles. The zero-order chi connectivity index (χ0) is 23.9. The molecule has 2 aromatic carbocycles. The summed E-state index contributed by atoms with van der Waals surface area (Å²) >= 11 is 0. The predicted molar refractivity (Wildman–Crippen MR) is 101 cm³/mol. The van der Waals surface area contributed by atoms with E-state index in [9.17, 15) is 35.1 Å². The lowest BCUT2D eigenvalue weighted by molar-refractivity contribution is 0.0564. The van der Waals surface area contributed by atoms with Crippen LogP contribution in [-0.2, 0) is 41.8 Å². The summed E-state index contributed by atoms with van der Waals surface area (Å²) in [6, 6.07) is 6.57. The maximum absolute atomic E-state index is 13.6. The summed E-state index contributed by atoms with van der Waals surface area (Å²) < 4.78 is 101. The third kappa shape index (κ3) is 5.81. The maximum atomic E-state index is 13.6. The van der Waals surface area contributed by atoms with E-state index < -0.39 is 59.0 Å². The molecule has 2 rings (SSSR count). The van der Waals surface area contributed by atoms with Crippen LogP contribution in [0, 0.1) is 0 Å². The van der Waals surface area contributed by atoms with E-state index >= 15 is 0 Å². The van der Waals surface area contributed by atoms with E-state index in [0.717, 1.165) is 24.3 Å². The van der Waals surface area contributed by atoms with Crippen molar-refractivity contribution < 1.29 is 54.7 Å². The molecule has 172 valence electrons. The molecule has 15 heteroatoms. The number of hydrogen-bond acceptors (Lipinski definition) is 4. The molecule has 31 heavy (non-hydrogen) atoms. The molecule has 0 aliphatic carbocycles. The van der Waals surface area contributed by atoms with Gasteiger partial charge in [0.05, 0.1) is 11.5 Å². The van der Waals surface area contributed by atoms with Crippen LogP contribution in [0.5, 0.6) is 0 Å². The number of halogens is 4. The first kappa shape index (κ1) is 25.7. The van der Waals surface area contributed by atoms with Gasteiger partial charge < -0.3 is 19.6 Å². The molecule has 0 atom stereocenters. The molecule has 0 radical (unpaired) electrons. The molecule has 0 saturated heterocycles. The Morgan fingerprint density at radius 2 is 0.903 bits per heavy atom. The van der Waals surface area contributed by atoms with Gasteiger partial charge in [-0.05, 0) is 11.1 Å². The minimum Gasteiger partial charge on any atom is -0.320 e. The zero-order valence-electron chi connectivity index (χ0n) is 15.3. The second-order valence-electron chi connectivity index (χ2n) is 6.60. The highest BCUT2D eigenvalue weighted by atomic mass is 32.2. The van der Waals surface area contributed by atoms with Crippen LogP contribution in [0.4, 0.5) is 17.6 Å². The lowest BCUT2D eigenvalue weighted by atomic mass is 10.1. The third-order valence-electron chi connectivity index (χ3n) is 4.11. The average molecular weight is 506 g/mol. The molecule has 2 aromatic rings. The second kappa shape index (κ2) is 8.40. The van der Waals surface area contributed by atoms with Crippen LogP contribution in [0.2, 0.25) is 0 Å². The molecule has 0 spiro atoms. The molecule has 0 bridgehead atoms. The molecule has 0 aliphatic heterocycles. The van der Waals surface area contributed by atoms with Gasteiger partial charge in [0.15, 0.2) is 9.84 Å². The fraction of sp³-hybridized carbons (Fsp3) is 0.250. The predicted octanol–water partition coefficient (Wildman–Crippen LogP) is 3.26. The Morgan fingerprint density at radius 3 is 1.13 bits per heavy atom. The molecule has 0 aromatic heterocycles. The van der Waals surface area contributed by atoms with Crippen molar-refractivity contribution in [2.75, 3.05) is 0 Å². The van der Waals surface area contributed by atoms with Crippen LogP contribution in [0.1, 0.15) is 22.3 Å². The number of hydrogen-bond donors (Lipinski definition) is 4. The van der Waals surface area contributed by atoms with Crippen molar-refractivity contribution in [2.45, 2.75) is 22.8 Å². The Labute approximate surface area is 173 Å². The third-order valence-corrected chi connectivity index (χ3v) is 7.63. The van der Waals surface area contributed by atoms with E-state index in [4.69, 9.17) is 19.6 Å². The first-order valence-electron chi connectivity index (χ1n) is 8.13. The first-order valence-corrected chi connectivity index (χ1v) is 13.2. The van der Waals surface area contributed by atoms with Crippen molar-refractivity contribution in [3.05, 3.63) is 70.8 Å². The van der Waals surface area contributed by atoms with Gasteiger partial charge in [0.2, 0.25) is 0 Å². The van der Waals surface area contributed by atoms with Gasteiger partial charge in [0.25, 0.3) is 0 Å². The van der Waals surface area contributed by atoms with Crippen molar-refractivity contribution in [2.24, 2.45) is 0 Å². The van der Waals surface area contributed by atoms with E-state index in [1.165, 1.54) is 0 Å². The van der Waals surface area contributed by atoms with Gasteiger partial charge in [-0.1, -0.05) is 48.5 Å². The van der Waals surface area contributed by atoms with Gasteiger partial charge in [-0.3, -0.25) is 9.13 Å². The van der Waals surface area contributed by atoms with Gasteiger partial charge in [0, 0.05) is 11.1 Å². The van der Waals surface area contributed by atoms with Crippen LogP contribution < -0.4 is 0 Å². The molecule has 0 unspecified atom stereocenters. The van der Waals surface area contributed by atoms with Crippen LogP contribution in [0.3, 0.4) is 0 Å². The lowest BCUT2D eigenvalue weighted by Crippen LogP contribution is -2.14. The summed E-state index contributed by atoms with van der Waals surface area (Å²) in [5.74, 6) is -1.29. The van der Waals surface area contributed by atoms with Crippen molar-refractivity contribution in [3.63, 3.8) is 0 Å². The number of benzene rings is 2. The molecule has 0 heterocycles. The first-order chi connectivity index (χ1) is 13.9. The Bertz CT molecular complexity index is 1050. The Hall–Kier alpha value is -1.59. The van der Waals surface area contributed by atoms with Crippen molar-refractivity contribution in [1.29, 1.82) is 0 Å². The summed E-state index contributed by atoms with van der Waals surface area (Å²) in [7, 11) is -15.5. The SMILES string of the molecule is O=P(O)(O)C(F)(F)c1ccc(CS(=O)(=O)Cc2ccc(C(F)(F)P(=O)(O)O)cc2)cc1. The molecule has 0 aliphatic rings. The van der Waals surface area contributed by atoms with Gasteiger partial charge in [-0.2, -0.15) is 17.6 Å². The summed E-state index contributed by atoms with van der Waals surface area (Å²) in [6.45, 7) is 0. The topological polar surface area (TPSA) is 149 Å². The molecular formula is C16H16F4O8P2S. The molecule has 0 fully saturated rings. The Morgan fingerprint density at radius 1 is 0.645 bits per heavy atom. The standard InChI is InChI=1S/C16H16F4O8P2S/c17-15(18,29(21,22)23)13-5-1-11(2-6-13)9-31(27,28)10-12-3-7-14(8-4-12)16(19,20)30(24,25)26/h1-8H,9-10H2,(H2,21,22,23)(H2,24,25,26). The van der Waals surface area contributed by atoms with Gasteiger partial charge in [-0.25, -0.2) is 8.42 Å². The number of rotatable bonds is 8. The molecule has 0 amide bonds. The van der Waals surface area contributed by atoms with Crippen molar-refractivity contribution in [1.82, 2.24) is 0 Å². The molecule has 4 N–H and O–H groups in total. The Kier molecular flexibility index (Phi) is 6.96. The van der Waals surface area contributed by atoms with Gasteiger partial charge in [0.1, 0.15) is 0 Å². The number of alkyl halides is 4. The van der Waals surface area contributed by atoms with E-state index in [1.54, 1.807) is 0 Å². The largest absolute Gasteiger partial charge is 0.399 e. The zero-order valence-corrected chi connectivity index (χ0v) is 17.9.